The van der Waals surface area contributed by atoms with E-state index in [2.05, 4.69) is 15.9 Å². The maximum absolute atomic E-state index is 5.96. The topological polar surface area (TPSA) is 35.2 Å². The molecule has 1 aromatic rings. The van der Waals surface area contributed by atoms with E-state index in [1.807, 2.05) is 12.1 Å². The molecule has 0 spiro atoms. The van der Waals surface area contributed by atoms with E-state index in [4.69, 9.17) is 22.1 Å². The molecule has 0 saturated heterocycles. The van der Waals surface area contributed by atoms with Crippen LogP contribution in [0.2, 0.25) is 5.02 Å². The molecule has 2 rings (SSSR count). The Balaban J connectivity index is 0.00000112. The van der Waals surface area contributed by atoms with Crippen LogP contribution in [0.15, 0.2) is 22.7 Å². The maximum atomic E-state index is 5.96. The van der Waals surface area contributed by atoms with Crippen LogP contribution in [0, 0.1) is 0 Å². The third-order valence-corrected chi connectivity index (χ3v) is 3.11. The van der Waals surface area contributed by atoms with E-state index in [1.54, 1.807) is 6.07 Å². The van der Waals surface area contributed by atoms with Crippen molar-refractivity contribution in [2.45, 2.75) is 18.4 Å². The van der Waals surface area contributed by atoms with Gasteiger partial charge in [-0.25, -0.2) is 0 Å². The first-order valence-corrected chi connectivity index (χ1v) is 5.63. The fourth-order valence-corrected chi connectivity index (χ4v) is 1.63. The van der Waals surface area contributed by atoms with Crippen LogP contribution in [0.25, 0.3) is 0 Å². The van der Waals surface area contributed by atoms with Gasteiger partial charge in [-0.3, -0.25) is 0 Å². The minimum Gasteiger partial charge on any atom is -0.490 e. The lowest BCUT2D eigenvalue weighted by Gasteiger charge is -2.12. The molecule has 0 aliphatic heterocycles. The second kappa shape index (κ2) is 4.91. The van der Waals surface area contributed by atoms with Crippen molar-refractivity contribution in [1.82, 2.24) is 0 Å². The van der Waals surface area contributed by atoms with Crippen LogP contribution in [0.5, 0.6) is 5.75 Å². The Morgan fingerprint density at radius 3 is 2.73 bits per heavy atom. The van der Waals surface area contributed by atoms with E-state index in [-0.39, 0.29) is 17.9 Å². The summed E-state index contributed by atoms with van der Waals surface area (Å²) < 4.78 is 6.51. The van der Waals surface area contributed by atoms with Crippen molar-refractivity contribution in [1.29, 1.82) is 0 Å². The van der Waals surface area contributed by atoms with Crippen molar-refractivity contribution in [3.63, 3.8) is 0 Å². The molecular weight excluding hydrogens is 301 g/mol. The molecule has 0 bridgehead atoms. The lowest BCUT2D eigenvalue weighted by Crippen LogP contribution is -2.29. The average molecular weight is 313 g/mol. The molecule has 5 heteroatoms. The van der Waals surface area contributed by atoms with Crippen LogP contribution in [0.1, 0.15) is 12.8 Å². The molecule has 0 unspecified atom stereocenters. The Kier molecular flexibility index (Phi) is 4.29. The largest absolute Gasteiger partial charge is 0.490 e. The van der Waals surface area contributed by atoms with Gasteiger partial charge >= 0.3 is 0 Å². The molecule has 1 saturated carbocycles. The van der Waals surface area contributed by atoms with Gasteiger partial charge in [-0.2, -0.15) is 0 Å². The summed E-state index contributed by atoms with van der Waals surface area (Å²) in [5, 5.41) is 0.623. The molecule has 1 aliphatic rings. The molecule has 84 valence electrons. The van der Waals surface area contributed by atoms with Gasteiger partial charge in [0.1, 0.15) is 12.4 Å². The molecule has 1 aliphatic carbocycles. The maximum Gasteiger partial charge on any atom is 0.139 e. The van der Waals surface area contributed by atoms with E-state index >= 15 is 0 Å². The number of benzene rings is 1. The second-order valence-corrected chi connectivity index (χ2v) is 5.05. The predicted octanol–water partition coefficient (Wildman–Crippen LogP) is 3.39. The standard InChI is InChI=1S/C10H11BrClNO.ClH/c11-7-1-2-8(12)9(5-7)14-6-10(13)3-4-10;/h1-2,5H,3-4,6,13H2;1H. The first-order valence-electron chi connectivity index (χ1n) is 4.46. The Labute approximate surface area is 109 Å². The van der Waals surface area contributed by atoms with Crippen molar-refractivity contribution in [2.75, 3.05) is 6.61 Å². The fourth-order valence-electron chi connectivity index (χ4n) is 1.11. The Hall–Kier alpha value is 0.0400. The highest BCUT2D eigenvalue weighted by atomic mass is 79.9. The molecule has 2 N–H and O–H groups in total. The van der Waals surface area contributed by atoms with Gasteiger partial charge in [0.25, 0.3) is 0 Å². The SMILES string of the molecule is Cl.NC1(COc2cc(Br)ccc2Cl)CC1. The summed E-state index contributed by atoms with van der Waals surface area (Å²) in [6.07, 6.45) is 2.08. The van der Waals surface area contributed by atoms with Crippen LogP contribution in [0.3, 0.4) is 0 Å². The van der Waals surface area contributed by atoms with Crippen LogP contribution in [-0.2, 0) is 0 Å². The van der Waals surface area contributed by atoms with Gasteiger partial charge in [-0.15, -0.1) is 12.4 Å². The number of halogens is 3. The summed E-state index contributed by atoms with van der Waals surface area (Å²) in [5.41, 5.74) is 5.80. The molecule has 0 aromatic heterocycles. The molecular formula is C10H12BrCl2NO. The zero-order valence-electron chi connectivity index (χ0n) is 8.00. The van der Waals surface area contributed by atoms with Crippen molar-refractivity contribution >= 4 is 39.9 Å². The van der Waals surface area contributed by atoms with Gasteiger partial charge in [-0.05, 0) is 31.0 Å². The Morgan fingerprint density at radius 2 is 2.13 bits per heavy atom. The lowest BCUT2D eigenvalue weighted by molar-refractivity contribution is 0.279. The zero-order valence-corrected chi connectivity index (χ0v) is 11.2. The predicted molar refractivity (Wildman–Crippen MR) is 68.0 cm³/mol. The number of rotatable bonds is 3. The summed E-state index contributed by atoms with van der Waals surface area (Å²) in [6, 6.07) is 5.54. The minimum absolute atomic E-state index is 0. The number of hydrogen-bond donors (Lipinski definition) is 1. The van der Waals surface area contributed by atoms with Gasteiger partial charge in [0.05, 0.1) is 10.6 Å². The van der Waals surface area contributed by atoms with Gasteiger partial charge < -0.3 is 10.5 Å². The van der Waals surface area contributed by atoms with Crippen LogP contribution < -0.4 is 10.5 Å². The molecule has 2 nitrogen and oxygen atoms in total. The highest BCUT2D eigenvalue weighted by Crippen LogP contribution is 2.34. The highest BCUT2D eigenvalue weighted by molar-refractivity contribution is 9.10. The van der Waals surface area contributed by atoms with Crippen molar-refractivity contribution in [2.24, 2.45) is 5.73 Å². The molecule has 0 atom stereocenters. The van der Waals surface area contributed by atoms with E-state index in [1.165, 1.54) is 0 Å². The van der Waals surface area contributed by atoms with Crippen LogP contribution in [0.4, 0.5) is 0 Å². The summed E-state index contributed by atoms with van der Waals surface area (Å²) in [6.45, 7) is 0.545. The number of ether oxygens (including phenoxy) is 1. The Morgan fingerprint density at radius 1 is 1.47 bits per heavy atom. The lowest BCUT2D eigenvalue weighted by atomic mass is 10.3. The molecule has 0 heterocycles. The minimum atomic E-state index is -0.106. The van der Waals surface area contributed by atoms with Crippen LogP contribution in [-0.4, -0.2) is 12.1 Å². The summed E-state index contributed by atoms with van der Waals surface area (Å²) in [7, 11) is 0. The second-order valence-electron chi connectivity index (χ2n) is 3.73. The highest BCUT2D eigenvalue weighted by Gasteiger charge is 2.39. The smallest absolute Gasteiger partial charge is 0.139 e. The first kappa shape index (κ1) is 13.1. The van der Waals surface area contributed by atoms with E-state index < -0.39 is 0 Å². The molecule has 15 heavy (non-hydrogen) atoms. The van der Waals surface area contributed by atoms with Crippen LogP contribution >= 0.6 is 39.9 Å². The fraction of sp³-hybridized carbons (Fsp3) is 0.400. The van der Waals surface area contributed by atoms with E-state index in [0.29, 0.717) is 17.4 Å². The normalized spacial score (nSPS) is 16.7. The van der Waals surface area contributed by atoms with E-state index in [9.17, 15) is 0 Å². The van der Waals surface area contributed by atoms with E-state index in [0.717, 1.165) is 17.3 Å². The van der Waals surface area contributed by atoms with Crippen molar-refractivity contribution in [3.05, 3.63) is 27.7 Å². The first-order chi connectivity index (χ1) is 6.59. The Bertz CT molecular complexity index is 355. The van der Waals surface area contributed by atoms with Crippen molar-refractivity contribution < 1.29 is 4.74 Å². The zero-order chi connectivity index (χ0) is 10.2. The quantitative estimate of drug-likeness (QED) is 0.928. The number of nitrogens with two attached hydrogens (primary N) is 1. The van der Waals surface area contributed by atoms with Gasteiger partial charge in [0.15, 0.2) is 0 Å². The third kappa shape index (κ3) is 3.52. The monoisotopic (exact) mass is 311 g/mol. The molecule has 0 radical (unpaired) electrons. The molecule has 0 amide bonds. The summed E-state index contributed by atoms with van der Waals surface area (Å²) >= 11 is 9.32. The average Bonchev–Trinajstić information content (AvgIpc) is 2.87. The van der Waals surface area contributed by atoms with Gasteiger partial charge in [-0.1, -0.05) is 27.5 Å². The molecule has 1 fully saturated rings. The third-order valence-electron chi connectivity index (χ3n) is 2.30. The van der Waals surface area contributed by atoms with Crippen molar-refractivity contribution in [3.8, 4) is 5.75 Å². The molecule has 1 aromatic carbocycles. The number of hydrogen-bond acceptors (Lipinski definition) is 2. The van der Waals surface area contributed by atoms with Gasteiger partial charge in [0.2, 0.25) is 0 Å². The van der Waals surface area contributed by atoms with Gasteiger partial charge in [0, 0.05) is 4.47 Å². The summed E-state index contributed by atoms with van der Waals surface area (Å²) in [4.78, 5) is 0. The summed E-state index contributed by atoms with van der Waals surface area (Å²) in [5.74, 6) is 0.692.